The molecule has 20 heavy (non-hydrogen) atoms. The molecule has 1 rings (SSSR count). The van der Waals surface area contributed by atoms with E-state index in [1.165, 1.54) is 0 Å². The number of thiocarbonyl (C=S) groups is 1. The van der Waals surface area contributed by atoms with Crippen LogP contribution in [-0.2, 0) is 0 Å². The van der Waals surface area contributed by atoms with Crippen LogP contribution in [0.15, 0.2) is 23.3 Å². The third-order valence-corrected chi connectivity index (χ3v) is 2.69. The van der Waals surface area contributed by atoms with Gasteiger partial charge in [-0.2, -0.15) is 5.10 Å². The minimum absolute atomic E-state index is 0.120. The first-order valence-electron chi connectivity index (χ1n) is 6.57. The number of methoxy groups -OCH3 is 1. The normalized spacial score (nSPS) is 10.5. The number of hydrogen-bond donors (Lipinski definition) is 2. The van der Waals surface area contributed by atoms with E-state index in [1.807, 2.05) is 18.2 Å². The summed E-state index contributed by atoms with van der Waals surface area (Å²) in [4.78, 5) is 0. The first-order valence-corrected chi connectivity index (χ1v) is 6.98. The molecule has 0 atom stereocenters. The Morgan fingerprint density at radius 1 is 1.45 bits per heavy atom. The summed E-state index contributed by atoms with van der Waals surface area (Å²) in [5.41, 5.74) is 8.64. The van der Waals surface area contributed by atoms with Gasteiger partial charge in [-0.25, -0.2) is 0 Å². The number of nitrogens with two attached hydrogens (primary N) is 1. The second kappa shape index (κ2) is 9.14. The highest BCUT2D eigenvalue weighted by Crippen LogP contribution is 2.30. The predicted octanol–water partition coefficient (Wildman–Crippen LogP) is 2.43. The minimum atomic E-state index is 0.120. The molecule has 0 saturated carbocycles. The first kappa shape index (κ1) is 16.2. The number of para-hydroxylation sites is 1. The highest BCUT2D eigenvalue weighted by atomic mass is 32.1. The lowest BCUT2D eigenvalue weighted by atomic mass is 10.2. The van der Waals surface area contributed by atoms with E-state index in [0.29, 0.717) is 18.1 Å². The fourth-order valence-electron chi connectivity index (χ4n) is 1.64. The number of hydrazone groups is 1. The molecule has 0 aromatic heterocycles. The van der Waals surface area contributed by atoms with Crippen LogP contribution in [0.4, 0.5) is 0 Å². The molecule has 0 aliphatic rings. The second-order valence-electron chi connectivity index (χ2n) is 4.17. The zero-order valence-electron chi connectivity index (χ0n) is 11.9. The van der Waals surface area contributed by atoms with Gasteiger partial charge in [0.05, 0.1) is 19.9 Å². The molecule has 3 N–H and O–H groups in total. The van der Waals surface area contributed by atoms with Gasteiger partial charge in [0, 0.05) is 5.56 Å². The van der Waals surface area contributed by atoms with Crippen LogP contribution in [-0.4, -0.2) is 25.0 Å². The maximum Gasteiger partial charge on any atom is 0.184 e. The Balaban J connectivity index is 2.80. The van der Waals surface area contributed by atoms with Crippen LogP contribution in [0.3, 0.4) is 0 Å². The van der Waals surface area contributed by atoms with Crippen LogP contribution in [0.1, 0.15) is 31.7 Å². The van der Waals surface area contributed by atoms with Gasteiger partial charge in [0.15, 0.2) is 16.6 Å². The highest BCUT2D eigenvalue weighted by Gasteiger charge is 2.08. The van der Waals surface area contributed by atoms with Crippen LogP contribution < -0.4 is 20.6 Å². The van der Waals surface area contributed by atoms with Gasteiger partial charge >= 0.3 is 0 Å². The molecule has 110 valence electrons. The molecule has 0 saturated heterocycles. The Morgan fingerprint density at radius 2 is 2.25 bits per heavy atom. The molecule has 0 unspecified atom stereocenters. The standard InChI is InChI=1S/C14H21N3O2S/c1-3-4-5-9-19-13-11(10-16-17-14(15)20)7-6-8-12(13)18-2/h6-8,10H,3-5,9H2,1-2H3,(H3,15,17,20). The van der Waals surface area contributed by atoms with Gasteiger partial charge in [0.2, 0.25) is 0 Å². The van der Waals surface area contributed by atoms with Crippen molar-refractivity contribution in [3.05, 3.63) is 23.8 Å². The molecule has 0 spiro atoms. The summed E-state index contributed by atoms with van der Waals surface area (Å²) in [5.74, 6) is 1.36. The largest absolute Gasteiger partial charge is 0.493 e. The molecule has 6 heteroatoms. The van der Waals surface area contributed by atoms with E-state index >= 15 is 0 Å². The molecule has 0 aliphatic carbocycles. The number of nitrogens with one attached hydrogen (secondary N) is 1. The summed E-state index contributed by atoms with van der Waals surface area (Å²) >= 11 is 4.69. The monoisotopic (exact) mass is 295 g/mol. The van der Waals surface area contributed by atoms with E-state index in [1.54, 1.807) is 13.3 Å². The van der Waals surface area contributed by atoms with Gasteiger partial charge < -0.3 is 15.2 Å². The van der Waals surface area contributed by atoms with Gasteiger partial charge in [0.25, 0.3) is 0 Å². The van der Waals surface area contributed by atoms with Gasteiger partial charge in [0.1, 0.15) is 0 Å². The minimum Gasteiger partial charge on any atom is -0.493 e. The van der Waals surface area contributed by atoms with Crippen LogP contribution >= 0.6 is 12.2 Å². The van der Waals surface area contributed by atoms with Gasteiger partial charge in [-0.3, -0.25) is 5.43 Å². The quantitative estimate of drug-likeness (QED) is 0.334. The Kier molecular flexibility index (Phi) is 7.42. The molecule has 0 bridgehead atoms. The lowest BCUT2D eigenvalue weighted by Gasteiger charge is -2.12. The summed E-state index contributed by atoms with van der Waals surface area (Å²) < 4.78 is 11.1. The summed E-state index contributed by atoms with van der Waals surface area (Å²) in [6.07, 6.45) is 4.91. The van der Waals surface area contributed by atoms with Crippen molar-refractivity contribution >= 4 is 23.5 Å². The topological polar surface area (TPSA) is 68.9 Å². The zero-order valence-corrected chi connectivity index (χ0v) is 12.7. The summed E-state index contributed by atoms with van der Waals surface area (Å²) in [6.45, 7) is 2.81. The molecular formula is C14H21N3O2S. The second-order valence-corrected chi connectivity index (χ2v) is 4.61. The third-order valence-electron chi connectivity index (χ3n) is 2.60. The number of benzene rings is 1. The molecule has 0 amide bonds. The van der Waals surface area contributed by atoms with Gasteiger partial charge in [-0.15, -0.1) is 0 Å². The molecular weight excluding hydrogens is 274 g/mol. The van der Waals surface area contributed by atoms with Crippen LogP contribution in [0.2, 0.25) is 0 Å². The average molecular weight is 295 g/mol. The average Bonchev–Trinajstić information content (AvgIpc) is 2.44. The maximum atomic E-state index is 5.81. The maximum absolute atomic E-state index is 5.81. The van der Waals surface area contributed by atoms with E-state index in [4.69, 9.17) is 15.2 Å². The van der Waals surface area contributed by atoms with Crippen LogP contribution in [0.5, 0.6) is 11.5 Å². The number of unbranched alkanes of at least 4 members (excludes halogenated alkanes) is 2. The van der Waals surface area contributed by atoms with Crippen molar-refractivity contribution in [1.29, 1.82) is 0 Å². The van der Waals surface area contributed by atoms with Crippen molar-refractivity contribution in [3.63, 3.8) is 0 Å². The molecule has 0 heterocycles. The summed E-state index contributed by atoms with van der Waals surface area (Å²) in [5, 5.41) is 4.06. The smallest absolute Gasteiger partial charge is 0.184 e. The van der Waals surface area contributed by atoms with Crippen molar-refractivity contribution in [2.75, 3.05) is 13.7 Å². The predicted molar refractivity (Wildman–Crippen MR) is 85.5 cm³/mol. The fraction of sp³-hybridized carbons (Fsp3) is 0.429. The third kappa shape index (κ3) is 5.44. The van der Waals surface area contributed by atoms with E-state index < -0.39 is 0 Å². The molecule has 1 aromatic carbocycles. The van der Waals surface area contributed by atoms with Crippen molar-refractivity contribution in [1.82, 2.24) is 5.43 Å². The fourth-order valence-corrected chi connectivity index (χ4v) is 1.69. The number of ether oxygens (including phenoxy) is 2. The highest BCUT2D eigenvalue weighted by molar-refractivity contribution is 7.80. The van der Waals surface area contributed by atoms with Crippen LogP contribution in [0.25, 0.3) is 0 Å². The van der Waals surface area contributed by atoms with Crippen molar-refractivity contribution in [2.24, 2.45) is 10.8 Å². The van der Waals surface area contributed by atoms with Gasteiger partial charge in [-0.1, -0.05) is 25.8 Å². The van der Waals surface area contributed by atoms with Crippen molar-refractivity contribution in [2.45, 2.75) is 26.2 Å². The SMILES string of the molecule is CCCCCOc1c(C=NNC(N)=S)cccc1OC. The molecule has 5 nitrogen and oxygen atoms in total. The molecule has 1 aromatic rings. The first-order chi connectivity index (χ1) is 9.69. The lowest BCUT2D eigenvalue weighted by molar-refractivity contribution is 0.285. The summed E-state index contributed by atoms with van der Waals surface area (Å²) in [6, 6.07) is 5.62. The van der Waals surface area contributed by atoms with E-state index in [-0.39, 0.29) is 5.11 Å². The Labute approximate surface area is 125 Å². The number of hydrogen-bond acceptors (Lipinski definition) is 4. The van der Waals surface area contributed by atoms with E-state index in [0.717, 1.165) is 24.8 Å². The van der Waals surface area contributed by atoms with Gasteiger partial charge in [-0.05, 0) is 30.8 Å². The Hall–Kier alpha value is -1.82. The van der Waals surface area contributed by atoms with Crippen LogP contribution in [0, 0.1) is 0 Å². The molecule has 0 fully saturated rings. The molecule has 0 aliphatic heterocycles. The lowest BCUT2D eigenvalue weighted by Crippen LogP contribution is -2.24. The summed E-state index contributed by atoms with van der Waals surface area (Å²) in [7, 11) is 1.61. The van der Waals surface area contributed by atoms with E-state index in [9.17, 15) is 0 Å². The Morgan fingerprint density at radius 3 is 2.90 bits per heavy atom. The zero-order chi connectivity index (χ0) is 14.8. The van der Waals surface area contributed by atoms with Crippen molar-refractivity contribution in [3.8, 4) is 11.5 Å². The molecule has 0 radical (unpaired) electrons. The van der Waals surface area contributed by atoms with E-state index in [2.05, 4.69) is 29.7 Å². The Bertz CT molecular complexity index is 464. The number of rotatable bonds is 8. The number of nitrogens with zero attached hydrogens (tertiary/aromatic N) is 1. The van der Waals surface area contributed by atoms with Crippen molar-refractivity contribution < 1.29 is 9.47 Å².